The maximum absolute atomic E-state index is 11.7. The molecule has 0 heterocycles. The van der Waals surface area contributed by atoms with Crippen LogP contribution in [0.15, 0.2) is 0 Å². The molecular formula is C22H39BrN4O10. The van der Waals surface area contributed by atoms with Crippen LogP contribution in [0.5, 0.6) is 0 Å². The second kappa shape index (κ2) is 24.0. The van der Waals surface area contributed by atoms with Gasteiger partial charge in [0.15, 0.2) is 0 Å². The molecule has 15 heteroatoms. The zero-order valence-corrected chi connectivity index (χ0v) is 22.8. The van der Waals surface area contributed by atoms with Gasteiger partial charge < -0.3 is 45.3 Å². The number of aliphatic carboxylic acids is 1. The highest BCUT2D eigenvalue weighted by Crippen LogP contribution is 2.04. The molecule has 214 valence electrons. The molecular weight excluding hydrogens is 560 g/mol. The molecule has 0 aliphatic rings. The number of amides is 4. The maximum atomic E-state index is 11.7. The summed E-state index contributed by atoms with van der Waals surface area (Å²) in [5.74, 6) is -2.46. The maximum Gasteiger partial charge on any atom is 0.306 e. The van der Waals surface area contributed by atoms with Gasteiger partial charge in [-0.1, -0.05) is 22.9 Å². The van der Waals surface area contributed by atoms with Crippen molar-refractivity contribution in [2.45, 2.75) is 19.8 Å². The number of halogens is 1. The summed E-state index contributed by atoms with van der Waals surface area (Å²) in [6, 6.07) is 0. The number of hydrogen-bond donors (Lipinski definition) is 5. The van der Waals surface area contributed by atoms with Crippen molar-refractivity contribution in [3.05, 3.63) is 0 Å². The zero-order valence-electron chi connectivity index (χ0n) is 21.2. The third kappa shape index (κ3) is 23.8. The molecule has 5 N–H and O–H groups in total. The lowest BCUT2D eigenvalue weighted by Crippen LogP contribution is -2.36. The van der Waals surface area contributed by atoms with Crippen LogP contribution in [-0.2, 0) is 42.9 Å². The number of rotatable bonds is 24. The SMILES string of the molecule is CC(CCC(=O)NCCOCCOCC(=O)NCCOCCOCC(=O)NCCNC(=O)CBr)C(=O)O. The van der Waals surface area contributed by atoms with Gasteiger partial charge in [0, 0.05) is 32.6 Å². The Hall–Kier alpha value is -2.33. The summed E-state index contributed by atoms with van der Waals surface area (Å²) in [5, 5.41) is 19.5. The van der Waals surface area contributed by atoms with E-state index in [9.17, 15) is 24.0 Å². The highest BCUT2D eigenvalue weighted by molar-refractivity contribution is 9.09. The molecule has 0 saturated carbocycles. The normalized spacial score (nSPS) is 11.4. The Morgan fingerprint density at radius 2 is 1.08 bits per heavy atom. The molecule has 0 fully saturated rings. The minimum absolute atomic E-state index is 0.115. The molecule has 0 bridgehead atoms. The standard InChI is InChI=1S/C22H39BrN4O10/c1-17(22(32)33)2-3-18(28)26-6-8-34-10-13-37-16-21(31)27-7-9-35-11-12-36-15-20(30)25-5-4-24-19(29)14-23/h17H,2-16H2,1H3,(H,24,29)(H,25,30)(H,26,28)(H,27,31)(H,32,33). The van der Waals surface area contributed by atoms with Gasteiger partial charge >= 0.3 is 5.97 Å². The zero-order chi connectivity index (χ0) is 27.7. The summed E-state index contributed by atoms with van der Waals surface area (Å²) in [6.07, 6.45) is 0.423. The Balaban J connectivity index is 3.40. The van der Waals surface area contributed by atoms with E-state index in [1.807, 2.05) is 0 Å². The van der Waals surface area contributed by atoms with Crippen LogP contribution in [0.2, 0.25) is 0 Å². The molecule has 14 nitrogen and oxygen atoms in total. The minimum atomic E-state index is -0.925. The van der Waals surface area contributed by atoms with Gasteiger partial charge in [-0.25, -0.2) is 0 Å². The fourth-order valence-electron chi connectivity index (χ4n) is 2.41. The molecule has 0 aliphatic carbocycles. The molecule has 37 heavy (non-hydrogen) atoms. The Morgan fingerprint density at radius 1 is 0.649 bits per heavy atom. The Bertz CT molecular complexity index is 684. The fraction of sp³-hybridized carbons (Fsp3) is 0.773. The first-order valence-corrected chi connectivity index (χ1v) is 13.0. The monoisotopic (exact) mass is 598 g/mol. The van der Waals surface area contributed by atoms with Crippen LogP contribution >= 0.6 is 15.9 Å². The second-order valence-electron chi connectivity index (χ2n) is 7.64. The van der Waals surface area contributed by atoms with E-state index in [2.05, 4.69) is 37.2 Å². The van der Waals surface area contributed by atoms with Crippen LogP contribution in [0.3, 0.4) is 0 Å². The van der Waals surface area contributed by atoms with E-state index in [0.29, 0.717) is 26.2 Å². The first-order valence-electron chi connectivity index (χ1n) is 11.9. The molecule has 0 aliphatic heterocycles. The molecule has 0 rings (SSSR count). The molecule has 0 saturated heterocycles. The number of nitrogens with one attached hydrogen (secondary N) is 4. The summed E-state index contributed by atoms with van der Waals surface area (Å²) in [6.45, 7) is 4.07. The van der Waals surface area contributed by atoms with E-state index in [0.717, 1.165) is 0 Å². The third-order valence-electron chi connectivity index (χ3n) is 4.46. The number of ether oxygens (including phenoxy) is 4. The highest BCUT2D eigenvalue weighted by Gasteiger charge is 2.12. The molecule has 0 aromatic heterocycles. The predicted octanol–water partition coefficient (Wildman–Crippen LogP) is -1.59. The number of hydrogen-bond acceptors (Lipinski definition) is 9. The number of carboxylic acid groups (broad SMARTS) is 1. The van der Waals surface area contributed by atoms with Gasteiger partial charge in [0.2, 0.25) is 23.6 Å². The van der Waals surface area contributed by atoms with Crippen LogP contribution < -0.4 is 21.3 Å². The Kier molecular flexibility index (Phi) is 22.5. The summed E-state index contributed by atoms with van der Waals surface area (Å²) >= 11 is 3.02. The summed E-state index contributed by atoms with van der Waals surface area (Å²) < 4.78 is 21.0. The van der Waals surface area contributed by atoms with Crippen LogP contribution in [-0.4, -0.2) is 119 Å². The lowest BCUT2D eigenvalue weighted by molar-refractivity contribution is -0.141. The quantitative estimate of drug-likeness (QED) is 0.0639. The number of carbonyl (C=O) groups excluding carboxylic acids is 4. The first kappa shape index (κ1) is 34.7. The lowest BCUT2D eigenvalue weighted by Gasteiger charge is -2.09. The van der Waals surface area contributed by atoms with Crippen molar-refractivity contribution in [1.82, 2.24) is 21.3 Å². The molecule has 1 atom stereocenters. The molecule has 1 unspecified atom stereocenters. The van der Waals surface area contributed by atoms with E-state index in [4.69, 9.17) is 24.1 Å². The van der Waals surface area contributed by atoms with Crippen molar-refractivity contribution >= 4 is 45.5 Å². The summed E-state index contributed by atoms with van der Waals surface area (Å²) in [7, 11) is 0. The van der Waals surface area contributed by atoms with Gasteiger partial charge in [0.05, 0.1) is 50.9 Å². The van der Waals surface area contributed by atoms with E-state index in [1.54, 1.807) is 6.92 Å². The minimum Gasteiger partial charge on any atom is -0.481 e. The highest BCUT2D eigenvalue weighted by atomic mass is 79.9. The Morgan fingerprint density at radius 3 is 1.57 bits per heavy atom. The van der Waals surface area contributed by atoms with Crippen molar-refractivity contribution in [2.75, 3.05) is 84.4 Å². The fourth-order valence-corrected chi connectivity index (χ4v) is 2.61. The van der Waals surface area contributed by atoms with Crippen molar-refractivity contribution in [3.8, 4) is 0 Å². The summed E-state index contributed by atoms with van der Waals surface area (Å²) in [5.41, 5.74) is 0. The topological polar surface area (TPSA) is 191 Å². The molecule has 0 radical (unpaired) electrons. The third-order valence-corrected chi connectivity index (χ3v) is 4.97. The number of alkyl halides is 1. The first-order chi connectivity index (χ1) is 17.8. The van der Waals surface area contributed by atoms with E-state index < -0.39 is 11.9 Å². The van der Waals surface area contributed by atoms with Crippen molar-refractivity contribution in [3.63, 3.8) is 0 Å². The van der Waals surface area contributed by atoms with Crippen molar-refractivity contribution in [1.29, 1.82) is 0 Å². The van der Waals surface area contributed by atoms with E-state index in [1.165, 1.54) is 0 Å². The molecule has 0 aromatic carbocycles. The number of carbonyl (C=O) groups is 5. The van der Waals surface area contributed by atoms with E-state index >= 15 is 0 Å². The largest absolute Gasteiger partial charge is 0.481 e. The second-order valence-corrected chi connectivity index (χ2v) is 8.20. The van der Waals surface area contributed by atoms with Crippen molar-refractivity contribution in [2.24, 2.45) is 5.92 Å². The average Bonchev–Trinajstić information content (AvgIpc) is 2.87. The lowest BCUT2D eigenvalue weighted by atomic mass is 10.1. The van der Waals surface area contributed by atoms with Gasteiger partial charge in [-0.05, 0) is 6.42 Å². The van der Waals surface area contributed by atoms with Gasteiger partial charge in [0.25, 0.3) is 0 Å². The van der Waals surface area contributed by atoms with Crippen molar-refractivity contribution < 1.29 is 48.0 Å². The predicted molar refractivity (Wildman–Crippen MR) is 135 cm³/mol. The average molecular weight is 599 g/mol. The van der Waals surface area contributed by atoms with Gasteiger partial charge in [-0.15, -0.1) is 0 Å². The van der Waals surface area contributed by atoms with Crippen LogP contribution in [0.4, 0.5) is 0 Å². The van der Waals surface area contributed by atoms with E-state index in [-0.39, 0.29) is 94.7 Å². The molecule has 0 aromatic rings. The van der Waals surface area contributed by atoms with Gasteiger partial charge in [0.1, 0.15) is 13.2 Å². The smallest absolute Gasteiger partial charge is 0.306 e. The van der Waals surface area contributed by atoms with Gasteiger partial charge in [-0.3, -0.25) is 24.0 Å². The summed E-state index contributed by atoms with van der Waals surface area (Å²) in [4.78, 5) is 56.5. The van der Waals surface area contributed by atoms with Crippen LogP contribution in [0.25, 0.3) is 0 Å². The van der Waals surface area contributed by atoms with Gasteiger partial charge in [-0.2, -0.15) is 0 Å². The molecule has 0 spiro atoms. The molecule has 4 amide bonds. The van der Waals surface area contributed by atoms with Crippen LogP contribution in [0.1, 0.15) is 19.8 Å². The Labute approximate surface area is 225 Å². The van der Waals surface area contributed by atoms with Crippen LogP contribution in [0, 0.1) is 5.92 Å². The number of carboxylic acids is 1.